The third-order valence-corrected chi connectivity index (χ3v) is 1.97. The molecule has 0 spiro atoms. The Balaban J connectivity index is 2.31. The zero-order valence-corrected chi connectivity index (χ0v) is 8.42. The van der Waals surface area contributed by atoms with Gasteiger partial charge in [-0.3, -0.25) is 4.98 Å². The first-order chi connectivity index (χ1) is 7.79. The fraction of sp³-hybridized carbons (Fsp3) is 0. The van der Waals surface area contributed by atoms with Crippen molar-refractivity contribution in [1.29, 1.82) is 5.26 Å². The van der Waals surface area contributed by atoms with Crippen LogP contribution in [0.2, 0.25) is 0 Å². The van der Waals surface area contributed by atoms with Gasteiger partial charge in [0.1, 0.15) is 17.6 Å². The van der Waals surface area contributed by atoms with E-state index in [1.54, 1.807) is 36.5 Å². The molecule has 0 radical (unpaired) electrons. The molecule has 16 heavy (non-hydrogen) atoms. The number of hydrogen-bond acceptors (Lipinski definition) is 4. The number of rotatable bonds is 2. The summed E-state index contributed by atoms with van der Waals surface area (Å²) in [6.07, 6.45) is 3.08. The van der Waals surface area contributed by atoms with Crippen molar-refractivity contribution in [2.75, 3.05) is 5.73 Å². The van der Waals surface area contributed by atoms with E-state index in [4.69, 9.17) is 15.7 Å². The van der Waals surface area contributed by atoms with Gasteiger partial charge in [-0.1, -0.05) is 12.1 Å². The molecule has 1 heterocycles. The Bertz CT molecular complexity index is 546. The van der Waals surface area contributed by atoms with Crippen molar-refractivity contribution in [3.8, 4) is 17.6 Å². The molecule has 2 rings (SSSR count). The molecule has 4 nitrogen and oxygen atoms in total. The Morgan fingerprint density at radius 1 is 1.25 bits per heavy atom. The molecule has 0 aliphatic carbocycles. The van der Waals surface area contributed by atoms with Crippen LogP contribution in [0.4, 0.5) is 5.69 Å². The molecule has 0 aliphatic heterocycles. The highest BCUT2D eigenvalue weighted by atomic mass is 16.5. The minimum Gasteiger partial charge on any atom is -0.454 e. The van der Waals surface area contributed by atoms with Crippen LogP contribution in [-0.4, -0.2) is 4.98 Å². The maximum Gasteiger partial charge on any atom is 0.147 e. The number of benzene rings is 1. The van der Waals surface area contributed by atoms with Crippen molar-refractivity contribution < 1.29 is 4.74 Å². The van der Waals surface area contributed by atoms with E-state index in [-0.39, 0.29) is 0 Å². The molecule has 0 fully saturated rings. The second kappa shape index (κ2) is 4.32. The Morgan fingerprint density at radius 3 is 2.81 bits per heavy atom. The van der Waals surface area contributed by atoms with Crippen LogP contribution in [0.15, 0.2) is 42.7 Å². The fourth-order valence-electron chi connectivity index (χ4n) is 1.27. The van der Waals surface area contributed by atoms with Gasteiger partial charge in [-0.05, 0) is 12.1 Å². The molecule has 4 heteroatoms. The first-order valence-electron chi connectivity index (χ1n) is 4.67. The lowest BCUT2D eigenvalue weighted by Gasteiger charge is -2.06. The van der Waals surface area contributed by atoms with Gasteiger partial charge in [0.25, 0.3) is 0 Å². The molecule has 0 bridgehead atoms. The molecule has 2 aromatic rings. The van der Waals surface area contributed by atoms with Crippen molar-refractivity contribution in [2.24, 2.45) is 0 Å². The van der Waals surface area contributed by atoms with Crippen molar-refractivity contribution in [3.05, 3.63) is 48.3 Å². The van der Waals surface area contributed by atoms with Crippen LogP contribution in [0, 0.1) is 11.3 Å². The van der Waals surface area contributed by atoms with Crippen molar-refractivity contribution >= 4 is 5.69 Å². The maximum absolute atomic E-state index is 8.88. The number of nitrogens with zero attached hydrogens (tertiary/aromatic N) is 2. The molecular weight excluding hydrogens is 202 g/mol. The van der Waals surface area contributed by atoms with Gasteiger partial charge in [-0.25, -0.2) is 0 Å². The average molecular weight is 211 g/mol. The summed E-state index contributed by atoms with van der Waals surface area (Å²) in [5.41, 5.74) is 6.57. The van der Waals surface area contributed by atoms with E-state index in [1.807, 2.05) is 0 Å². The van der Waals surface area contributed by atoms with Crippen LogP contribution in [0.5, 0.6) is 11.5 Å². The topological polar surface area (TPSA) is 71.9 Å². The molecular formula is C12H9N3O. The molecule has 0 amide bonds. The Kier molecular flexibility index (Phi) is 2.70. The van der Waals surface area contributed by atoms with E-state index in [0.29, 0.717) is 22.7 Å². The number of pyridine rings is 1. The number of para-hydroxylation sites is 1. The van der Waals surface area contributed by atoms with Crippen LogP contribution in [-0.2, 0) is 0 Å². The smallest absolute Gasteiger partial charge is 0.147 e. The highest BCUT2D eigenvalue weighted by Crippen LogP contribution is 2.24. The number of ether oxygens (including phenoxy) is 1. The quantitative estimate of drug-likeness (QED) is 0.827. The van der Waals surface area contributed by atoms with E-state index in [9.17, 15) is 0 Å². The monoisotopic (exact) mass is 211 g/mol. The average Bonchev–Trinajstić information content (AvgIpc) is 2.30. The molecule has 1 aromatic heterocycles. The standard InChI is InChI=1S/C12H9N3O/c13-6-9-3-1-2-4-12(9)16-11-5-10(14)7-15-8-11/h1-5,7-8H,14H2. The van der Waals surface area contributed by atoms with Crippen molar-refractivity contribution in [1.82, 2.24) is 4.98 Å². The van der Waals surface area contributed by atoms with Gasteiger partial charge in [0.05, 0.1) is 23.6 Å². The fourth-order valence-corrected chi connectivity index (χ4v) is 1.27. The minimum absolute atomic E-state index is 0.477. The first-order valence-corrected chi connectivity index (χ1v) is 4.67. The molecule has 1 aromatic carbocycles. The van der Waals surface area contributed by atoms with E-state index >= 15 is 0 Å². The van der Waals surface area contributed by atoms with Gasteiger partial charge in [0, 0.05) is 6.07 Å². The van der Waals surface area contributed by atoms with Crippen LogP contribution in [0.25, 0.3) is 0 Å². The van der Waals surface area contributed by atoms with E-state index in [2.05, 4.69) is 11.1 Å². The van der Waals surface area contributed by atoms with Crippen LogP contribution >= 0.6 is 0 Å². The summed E-state index contributed by atoms with van der Waals surface area (Å²) < 4.78 is 5.52. The number of hydrogen-bond donors (Lipinski definition) is 1. The lowest BCUT2D eigenvalue weighted by atomic mass is 10.2. The maximum atomic E-state index is 8.88. The molecule has 0 saturated carbocycles. The number of anilines is 1. The summed E-state index contributed by atoms with van der Waals surface area (Å²) in [5, 5.41) is 8.88. The van der Waals surface area contributed by atoms with E-state index in [1.165, 1.54) is 6.20 Å². The molecule has 78 valence electrons. The zero-order chi connectivity index (χ0) is 11.4. The Labute approximate surface area is 92.9 Å². The normalized spacial score (nSPS) is 9.44. The van der Waals surface area contributed by atoms with Crippen LogP contribution in [0.3, 0.4) is 0 Å². The molecule has 0 atom stereocenters. The summed E-state index contributed by atoms with van der Waals surface area (Å²) in [5.74, 6) is 1.01. The summed E-state index contributed by atoms with van der Waals surface area (Å²) in [6.45, 7) is 0. The number of nitriles is 1. The van der Waals surface area contributed by atoms with Crippen LogP contribution in [0.1, 0.15) is 5.56 Å². The van der Waals surface area contributed by atoms with E-state index < -0.39 is 0 Å². The Hall–Kier alpha value is -2.54. The molecule has 0 aliphatic rings. The predicted octanol–water partition coefficient (Wildman–Crippen LogP) is 2.33. The number of aromatic nitrogens is 1. The predicted molar refractivity (Wildman–Crippen MR) is 59.9 cm³/mol. The summed E-state index contributed by atoms with van der Waals surface area (Å²) in [6, 6.07) is 10.7. The number of nitrogen functional groups attached to an aromatic ring is 1. The van der Waals surface area contributed by atoms with Crippen molar-refractivity contribution in [2.45, 2.75) is 0 Å². The van der Waals surface area contributed by atoms with Crippen molar-refractivity contribution in [3.63, 3.8) is 0 Å². The van der Waals surface area contributed by atoms with Gasteiger partial charge < -0.3 is 10.5 Å². The van der Waals surface area contributed by atoms with Gasteiger partial charge >= 0.3 is 0 Å². The number of nitrogens with two attached hydrogens (primary N) is 1. The first kappa shape index (κ1) is 9.99. The third-order valence-electron chi connectivity index (χ3n) is 1.97. The second-order valence-electron chi connectivity index (χ2n) is 3.16. The van der Waals surface area contributed by atoms with Gasteiger partial charge in [-0.2, -0.15) is 5.26 Å². The SMILES string of the molecule is N#Cc1ccccc1Oc1cncc(N)c1. The largest absolute Gasteiger partial charge is 0.454 e. The third kappa shape index (κ3) is 2.10. The molecule has 2 N–H and O–H groups in total. The molecule has 0 unspecified atom stereocenters. The highest BCUT2D eigenvalue weighted by Gasteiger charge is 2.03. The van der Waals surface area contributed by atoms with Gasteiger partial charge in [0.2, 0.25) is 0 Å². The summed E-state index contributed by atoms with van der Waals surface area (Å²) in [4.78, 5) is 3.90. The summed E-state index contributed by atoms with van der Waals surface area (Å²) >= 11 is 0. The lowest BCUT2D eigenvalue weighted by molar-refractivity contribution is 0.479. The van der Waals surface area contributed by atoms with Gasteiger partial charge in [-0.15, -0.1) is 0 Å². The lowest BCUT2D eigenvalue weighted by Crippen LogP contribution is -1.91. The minimum atomic E-state index is 0.477. The summed E-state index contributed by atoms with van der Waals surface area (Å²) in [7, 11) is 0. The Morgan fingerprint density at radius 2 is 2.06 bits per heavy atom. The van der Waals surface area contributed by atoms with Crippen LogP contribution < -0.4 is 10.5 Å². The van der Waals surface area contributed by atoms with Gasteiger partial charge in [0.15, 0.2) is 0 Å². The molecule has 0 saturated heterocycles. The zero-order valence-electron chi connectivity index (χ0n) is 8.42. The second-order valence-corrected chi connectivity index (χ2v) is 3.16. The highest BCUT2D eigenvalue weighted by molar-refractivity contribution is 5.47. The van der Waals surface area contributed by atoms with E-state index in [0.717, 1.165) is 0 Å².